The Hall–Kier alpha value is -0.880. The Morgan fingerprint density at radius 3 is 2.94 bits per heavy atom. The van der Waals surface area contributed by atoms with Crippen LogP contribution in [0.4, 0.5) is 0 Å². The summed E-state index contributed by atoms with van der Waals surface area (Å²) >= 11 is 0. The molecule has 5 nitrogen and oxygen atoms in total. The van der Waals surface area contributed by atoms with Gasteiger partial charge >= 0.3 is 0 Å². The first-order valence-corrected chi connectivity index (χ1v) is 7.23. The molecule has 6 heteroatoms. The van der Waals surface area contributed by atoms with E-state index in [2.05, 4.69) is 4.98 Å². The average molecular weight is 244 g/mol. The smallest absolute Gasteiger partial charge is 0.153 e. The van der Waals surface area contributed by atoms with Gasteiger partial charge in [-0.3, -0.25) is 0 Å². The van der Waals surface area contributed by atoms with Crippen molar-refractivity contribution < 1.29 is 13.5 Å². The molecular formula is C10H16N2O3S. The lowest BCUT2D eigenvalue weighted by Gasteiger charge is -2.21. The summed E-state index contributed by atoms with van der Waals surface area (Å²) in [6, 6.07) is 0. The summed E-state index contributed by atoms with van der Waals surface area (Å²) in [4.78, 5) is 4.10. The molecule has 1 fully saturated rings. The third-order valence-electron chi connectivity index (χ3n) is 2.88. The third kappa shape index (κ3) is 1.99. The lowest BCUT2D eigenvalue weighted by molar-refractivity contribution is 0.0518. The summed E-state index contributed by atoms with van der Waals surface area (Å²) < 4.78 is 24.7. The van der Waals surface area contributed by atoms with E-state index < -0.39 is 15.4 Å². The first-order valence-electron chi connectivity index (χ1n) is 5.41. The molecule has 2 heterocycles. The van der Waals surface area contributed by atoms with Crippen molar-refractivity contribution in [2.24, 2.45) is 0 Å². The second-order valence-electron chi connectivity index (χ2n) is 4.32. The van der Waals surface area contributed by atoms with E-state index in [1.165, 1.54) is 0 Å². The van der Waals surface area contributed by atoms with Crippen LogP contribution in [-0.4, -0.2) is 34.6 Å². The van der Waals surface area contributed by atoms with Crippen LogP contribution in [0.3, 0.4) is 0 Å². The molecule has 1 aromatic heterocycles. The minimum Gasteiger partial charge on any atom is -0.381 e. The van der Waals surface area contributed by atoms with Gasteiger partial charge in [-0.05, 0) is 12.8 Å². The number of imidazole rings is 1. The van der Waals surface area contributed by atoms with Gasteiger partial charge in [0.1, 0.15) is 11.4 Å². The summed E-state index contributed by atoms with van der Waals surface area (Å²) in [6.07, 6.45) is 4.55. The lowest BCUT2D eigenvalue weighted by Crippen LogP contribution is -2.31. The molecule has 1 aromatic rings. The van der Waals surface area contributed by atoms with Crippen molar-refractivity contribution in [3.05, 3.63) is 18.2 Å². The Bertz CT molecular complexity index is 480. The molecule has 16 heavy (non-hydrogen) atoms. The molecule has 90 valence electrons. The van der Waals surface area contributed by atoms with Crippen molar-refractivity contribution in [3.63, 3.8) is 0 Å². The normalized spacial score (nSPS) is 28.4. The summed E-state index contributed by atoms with van der Waals surface area (Å²) in [6.45, 7) is 2.77. The Labute approximate surface area is 95.0 Å². The second-order valence-corrected chi connectivity index (χ2v) is 6.50. The number of rotatable bonds is 3. The highest BCUT2D eigenvalue weighted by atomic mass is 32.2. The fourth-order valence-electron chi connectivity index (χ4n) is 2.15. The Morgan fingerprint density at radius 2 is 2.38 bits per heavy atom. The molecule has 0 radical (unpaired) electrons. The van der Waals surface area contributed by atoms with Gasteiger partial charge in [0, 0.05) is 18.9 Å². The van der Waals surface area contributed by atoms with Gasteiger partial charge in [0.2, 0.25) is 0 Å². The second kappa shape index (κ2) is 3.85. The maximum absolute atomic E-state index is 11.4. The van der Waals surface area contributed by atoms with Gasteiger partial charge in [0.05, 0.1) is 11.5 Å². The number of aryl methyl sites for hydroxylation is 1. The summed E-state index contributed by atoms with van der Waals surface area (Å²) in [7, 11) is -3.11. The van der Waals surface area contributed by atoms with Gasteiger partial charge in [-0.1, -0.05) is 6.92 Å². The quantitative estimate of drug-likeness (QED) is 0.830. The zero-order valence-electron chi connectivity index (χ0n) is 9.26. The van der Waals surface area contributed by atoms with Gasteiger partial charge in [-0.2, -0.15) is 0 Å². The van der Waals surface area contributed by atoms with E-state index in [-0.39, 0.29) is 17.9 Å². The van der Waals surface area contributed by atoms with Gasteiger partial charge in [0.15, 0.2) is 9.84 Å². The number of nitrogens with zero attached hydrogens (tertiary/aromatic N) is 2. The van der Waals surface area contributed by atoms with Crippen molar-refractivity contribution in [1.29, 1.82) is 0 Å². The summed E-state index contributed by atoms with van der Waals surface area (Å²) in [5.74, 6) is 0.318. The fourth-order valence-corrected chi connectivity index (χ4v) is 3.94. The van der Waals surface area contributed by atoms with Crippen LogP contribution >= 0.6 is 0 Å². The Morgan fingerprint density at radius 1 is 1.62 bits per heavy atom. The van der Waals surface area contributed by atoms with Crippen molar-refractivity contribution in [2.75, 3.05) is 11.5 Å². The molecule has 1 aliphatic rings. The molecule has 0 aliphatic carbocycles. The highest BCUT2D eigenvalue weighted by molar-refractivity contribution is 7.91. The SMILES string of the molecule is CCCn1ccnc1C1(O)CCS(=O)(=O)C1. The maximum atomic E-state index is 11.4. The fraction of sp³-hybridized carbons (Fsp3) is 0.700. The number of hydrogen-bond donors (Lipinski definition) is 1. The predicted octanol–water partition coefficient (Wildman–Crippen LogP) is 0.299. The van der Waals surface area contributed by atoms with Gasteiger partial charge < -0.3 is 9.67 Å². The van der Waals surface area contributed by atoms with Crippen LogP contribution in [0.15, 0.2) is 12.4 Å². The van der Waals surface area contributed by atoms with E-state index in [1.807, 2.05) is 11.5 Å². The number of hydrogen-bond acceptors (Lipinski definition) is 4. The molecule has 2 rings (SSSR count). The molecule has 1 N–H and O–H groups in total. The van der Waals surface area contributed by atoms with E-state index in [9.17, 15) is 13.5 Å². The predicted molar refractivity (Wildman–Crippen MR) is 59.7 cm³/mol. The maximum Gasteiger partial charge on any atom is 0.153 e. The standard InChI is InChI=1S/C10H16N2O3S/c1-2-5-12-6-4-11-9(12)10(13)3-7-16(14,15)8-10/h4,6,13H,2-3,5,7-8H2,1H3. The van der Waals surface area contributed by atoms with Crippen molar-refractivity contribution in [2.45, 2.75) is 31.9 Å². The zero-order chi connectivity index (χ0) is 11.8. The topological polar surface area (TPSA) is 72.2 Å². The first kappa shape index (κ1) is 11.6. The van der Waals surface area contributed by atoms with E-state index in [4.69, 9.17) is 0 Å². The van der Waals surface area contributed by atoms with Crippen molar-refractivity contribution in [3.8, 4) is 0 Å². The minimum atomic E-state index is -3.11. The average Bonchev–Trinajstić information content (AvgIpc) is 2.73. The van der Waals surface area contributed by atoms with Crippen molar-refractivity contribution >= 4 is 9.84 Å². The molecular weight excluding hydrogens is 228 g/mol. The molecule has 0 saturated carbocycles. The minimum absolute atomic E-state index is 0.0441. The first-order chi connectivity index (χ1) is 7.47. The van der Waals surface area contributed by atoms with E-state index in [0.29, 0.717) is 5.82 Å². The highest BCUT2D eigenvalue weighted by Crippen LogP contribution is 2.32. The van der Waals surface area contributed by atoms with Crippen LogP contribution in [0.1, 0.15) is 25.6 Å². The number of aliphatic hydroxyl groups is 1. The molecule has 1 saturated heterocycles. The van der Waals surface area contributed by atoms with E-state index in [1.54, 1.807) is 12.4 Å². The Balaban J connectivity index is 2.33. The van der Waals surface area contributed by atoms with Crippen molar-refractivity contribution in [1.82, 2.24) is 9.55 Å². The van der Waals surface area contributed by atoms with Crippen LogP contribution in [0.2, 0.25) is 0 Å². The van der Waals surface area contributed by atoms with Gasteiger partial charge in [-0.25, -0.2) is 13.4 Å². The van der Waals surface area contributed by atoms with Crippen LogP contribution in [0.25, 0.3) is 0 Å². The largest absolute Gasteiger partial charge is 0.381 e. The van der Waals surface area contributed by atoms with Crippen LogP contribution in [0, 0.1) is 0 Å². The molecule has 1 unspecified atom stereocenters. The number of sulfone groups is 1. The van der Waals surface area contributed by atoms with Crippen LogP contribution in [-0.2, 0) is 22.0 Å². The van der Waals surface area contributed by atoms with Crippen LogP contribution < -0.4 is 0 Å². The van der Waals surface area contributed by atoms with Gasteiger partial charge in [0.25, 0.3) is 0 Å². The zero-order valence-corrected chi connectivity index (χ0v) is 10.1. The molecule has 0 bridgehead atoms. The van der Waals surface area contributed by atoms with Crippen LogP contribution in [0.5, 0.6) is 0 Å². The van der Waals surface area contributed by atoms with E-state index >= 15 is 0 Å². The lowest BCUT2D eigenvalue weighted by atomic mass is 10.0. The Kier molecular flexibility index (Phi) is 2.79. The highest BCUT2D eigenvalue weighted by Gasteiger charge is 2.44. The van der Waals surface area contributed by atoms with Gasteiger partial charge in [-0.15, -0.1) is 0 Å². The summed E-state index contributed by atoms with van der Waals surface area (Å²) in [5.41, 5.74) is -1.29. The molecule has 1 aliphatic heterocycles. The summed E-state index contributed by atoms with van der Waals surface area (Å²) in [5, 5.41) is 10.3. The molecule has 0 spiro atoms. The molecule has 1 atom stereocenters. The van der Waals surface area contributed by atoms with E-state index in [0.717, 1.165) is 13.0 Å². The molecule has 0 aromatic carbocycles. The molecule has 0 amide bonds. The third-order valence-corrected chi connectivity index (χ3v) is 4.63. The number of aromatic nitrogens is 2. The monoisotopic (exact) mass is 244 g/mol.